The second kappa shape index (κ2) is 13.1. The largest absolute Gasteiger partial charge is 0.386 e. The van der Waals surface area contributed by atoms with Crippen molar-refractivity contribution in [2.45, 2.75) is 90.9 Å². The van der Waals surface area contributed by atoms with Crippen molar-refractivity contribution in [3.05, 3.63) is 70.8 Å². The Kier molecular flexibility index (Phi) is 10.2. The lowest BCUT2D eigenvalue weighted by molar-refractivity contribution is 0.220. The van der Waals surface area contributed by atoms with Crippen molar-refractivity contribution in [2.24, 2.45) is 16.8 Å². The Balaban J connectivity index is 2.22. The van der Waals surface area contributed by atoms with Crippen LogP contribution in [0.3, 0.4) is 0 Å². The lowest BCUT2D eigenvalue weighted by Gasteiger charge is -2.36. The Hall–Kier alpha value is -2.17. The summed E-state index contributed by atoms with van der Waals surface area (Å²) in [6, 6.07) is 7.60. The van der Waals surface area contributed by atoms with Gasteiger partial charge in [0.25, 0.3) is 0 Å². The highest BCUT2D eigenvalue weighted by molar-refractivity contribution is 6.30. The number of rotatable bonds is 8. The van der Waals surface area contributed by atoms with Crippen LogP contribution in [-0.2, 0) is 0 Å². The maximum Gasteiger partial charge on any atom is 0.0402 e. The highest BCUT2D eigenvalue weighted by Gasteiger charge is 2.33. The smallest absolute Gasteiger partial charge is 0.0402 e. The van der Waals surface area contributed by atoms with E-state index >= 15 is 0 Å². The SMILES string of the molecule is C=CC(=C)C=N[C-](CCC)C1=C(C#CCCC)c2cc(Cl)ccc2C(C)C(C2CCCCC2)C1. The zero-order valence-electron chi connectivity index (χ0n) is 21.4. The van der Waals surface area contributed by atoms with Crippen LogP contribution in [0.1, 0.15) is 102 Å². The van der Waals surface area contributed by atoms with Crippen LogP contribution in [0.4, 0.5) is 0 Å². The Bertz CT molecular complexity index is 980. The highest BCUT2D eigenvalue weighted by Crippen LogP contribution is 2.49. The molecule has 3 rings (SSSR count). The van der Waals surface area contributed by atoms with Crippen molar-refractivity contribution in [1.29, 1.82) is 0 Å². The third-order valence-corrected chi connectivity index (χ3v) is 7.72. The topological polar surface area (TPSA) is 12.4 Å². The van der Waals surface area contributed by atoms with Crippen LogP contribution in [-0.4, -0.2) is 6.21 Å². The molecule has 182 valence electrons. The van der Waals surface area contributed by atoms with E-state index in [1.54, 1.807) is 6.08 Å². The van der Waals surface area contributed by atoms with E-state index in [1.165, 1.54) is 48.8 Å². The summed E-state index contributed by atoms with van der Waals surface area (Å²) in [6.45, 7) is 14.7. The van der Waals surface area contributed by atoms with Gasteiger partial charge in [0.2, 0.25) is 0 Å². The minimum atomic E-state index is 0.464. The van der Waals surface area contributed by atoms with Crippen LogP contribution in [0.5, 0.6) is 0 Å². The van der Waals surface area contributed by atoms with Gasteiger partial charge in [-0.15, -0.1) is 24.0 Å². The van der Waals surface area contributed by atoms with E-state index in [2.05, 4.69) is 64.0 Å². The van der Waals surface area contributed by atoms with Gasteiger partial charge in [0.1, 0.15) is 0 Å². The summed E-state index contributed by atoms with van der Waals surface area (Å²) in [6.07, 6.45) is 15.3. The second-order valence-electron chi connectivity index (χ2n) is 9.93. The van der Waals surface area contributed by atoms with Gasteiger partial charge in [0.05, 0.1) is 0 Å². The van der Waals surface area contributed by atoms with Gasteiger partial charge in [0.15, 0.2) is 0 Å². The molecule has 1 aromatic rings. The first-order valence-corrected chi connectivity index (χ1v) is 13.6. The van der Waals surface area contributed by atoms with Crippen molar-refractivity contribution < 1.29 is 0 Å². The van der Waals surface area contributed by atoms with Gasteiger partial charge >= 0.3 is 0 Å². The maximum absolute atomic E-state index is 6.57. The first-order valence-electron chi connectivity index (χ1n) is 13.2. The number of nitrogens with zero attached hydrogens (tertiary/aromatic N) is 1. The van der Waals surface area contributed by atoms with E-state index in [0.717, 1.165) is 60.2 Å². The molecule has 1 nitrogen and oxygen atoms in total. The predicted molar refractivity (Wildman–Crippen MR) is 150 cm³/mol. The van der Waals surface area contributed by atoms with E-state index < -0.39 is 0 Å². The van der Waals surface area contributed by atoms with Crippen molar-refractivity contribution in [3.8, 4) is 11.8 Å². The quantitative estimate of drug-likeness (QED) is 0.154. The average Bonchev–Trinajstić information content (AvgIpc) is 2.96. The van der Waals surface area contributed by atoms with Crippen LogP contribution in [0, 0.1) is 29.7 Å². The van der Waals surface area contributed by atoms with Gasteiger partial charge in [-0.25, -0.2) is 0 Å². The predicted octanol–water partition coefficient (Wildman–Crippen LogP) is 9.75. The number of benzene rings is 1. The van der Waals surface area contributed by atoms with Gasteiger partial charge in [-0.3, -0.25) is 0 Å². The van der Waals surface area contributed by atoms with Crippen molar-refractivity contribution >= 4 is 23.4 Å². The lowest BCUT2D eigenvalue weighted by Crippen LogP contribution is -2.24. The van der Waals surface area contributed by atoms with Gasteiger partial charge in [-0.2, -0.15) is 0 Å². The van der Waals surface area contributed by atoms with Gasteiger partial charge in [-0.05, 0) is 48.3 Å². The summed E-state index contributed by atoms with van der Waals surface area (Å²) in [5.74, 6) is 8.87. The fourth-order valence-corrected chi connectivity index (χ4v) is 5.78. The first kappa shape index (κ1) is 26.4. The summed E-state index contributed by atoms with van der Waals surface area (Å²) < 4.78 is 0. The summed E-state index contributed by atoms with van der Waals surface area (Å²) >= 11 is 6.57. The molecule has 1 fully saturated rings. The molecule has 2 heteroatoms. The number of allylic oxidation sites excluding steroid dienone is 3. The molecule has 2 aliphatic rings. The molecule has 1 aromatic carbocycles. The fraction of sp³-hybridized carbons (Fsp3) is 0.500. The Morgan fingerprint density at radius 2 is 1.97 bits per heavy atom. The molecule has 34 heavy (non-hydrogen) atoms. The maximum atomic E-state index is 6.57. The molecule has 0 bridgehead atoms. The summed E-state index contributed by atoms with van der Waals surface area (Å²) in [4.78, 5) is 4.99. The number of hydrogen-bond acceptors (Lipinski definition) is 1. The molecule has 0 N–H and O–H groups in total. The molecule has 0 spiro atoms. The van der Waals surface area contributed by atoms with Gasteiger partial charge in [0, 0.05) is 11.4 Å². The van der Waals surface area contributed by atoms with Crippen molar-refractivity contribution in [3.63, 3.8) is 0 Å². The van der Waals surface area contributed by atoms with E-state index in [4.69, 9.17) is 16.6 Å². The molecule has 2 atom stereocenters. The van der Waals surface area contributed by atoms with Crippen molar-refractivity contribution in [1.82, 2.24) is 0 Å². The third-order valence-electron chi connectivity index (χ3n) is 7.49. The number of halogens is 1. The van der Waals surface area contributed by atoms with Gasteiger partial charge in [-0.1, -0.05) is 125 Å². The summed E-state index contributed by atoms with van der Waals surface area (Å²) in [5.41, 5.74) is 5.90. The molecule has 0 amide bonds. The molecular weight excluding hydrogens is 434 g/mol. The van der Waals surface area contributed by atoms with Crippen LogP contribution in [0.2, 0.25) is 5.02 Å². The van der Waals surface area contributed by atoms with Crippen LogP contribution in [0.25, 0.3) is 5.57 Å². The van der Waals surface area contributed by atoms with E-state index in [1.807, 2.05) is 6.21 Å². The second-order valence-corrected chi connectivity index (χ2v) is 10.4. The van der Waals surface area contributed by atoms with Crippen LogP contribution >= 0.6 is 11.6 Å². The zero-order valence-corrected chi connectivity index (χ0v) is 22.2. The standard InChI is InChI=1S/C32H41ClN/c1-6-9-11-17-28-30-20-26(33)18-19-27(30)24(5)29(25-15-12-10-13-16-25)21-31(28)32(14-7-2)34-22-23(4)8-3/h8,18-20,22,24-25,29H,3-4,6-7,9-10,12-16,21H2,1-2,5H3/q-1. The molecule has 2 aliphatic carbocycles. The van der Waals surface area contributed by atoms with Crippen LogP contribution < -0.4 is 0 Å². The summed E-state index contributed by atoms with van der Waals surface area (Å²) in [7, 11) is 0. The first-order chi connectivity index (χ1) is 16.5. The Morgan fingerprint density at radius 3 is 2.65 bits per heavy atom. The zero-order chi connectivity index (χ0) is 24.5. The normalized spacial score (nSPS) is 20.9. The minimum Gasteiger partial charge on any atom is -0.386 e. The number of aliphatic imine (C=N–C) groups is 1. The Morgan fingerprint density at radius 1 is 1.21 bits per heavy atom. The average molecular weight is 475 g/mol. The highest BCUT2D eigenvalue weighted by atomic mass is 35.5. The summed E-state index contributed by atoms with van der Waals surface area (Å²) in [5, 5.41) is 0.775. The molecule has 0 radical (unpaired) electrons. The van der Waals surface area contributed by atoms with E-state index in [-0.39, 0.29) is 0 Å². The number of unbranched alkanes of at least 4 members (excludes halogenated alkanes) is 1. The van der Waals surface area contributed by atoms with Crippen molar-refractivity contribution in [2.75, 3.05) is 0 Å². The molecule has 0 saturated heterocycles. The van der Waals surface area contributed by atoms with E-state index in [0.29, 0.717) is 11.8 Å². The molecular formula is C32H41ClN-. The molecule has 2 unspecified atom stereocenters. The number of hydrogen-bond donors (Lipinski definition) is 0. The lowest BCUT2D eigenvalue weighted by atomic mass is 9.70. The molecule has 1 saturated carbocycles. The number of fused-ring (bicyclic) bond motifs is 1. The molecule has 0 heterocycles. The molecule has 0 aromatic heterocycles. The monoisotopic (exact) mass is 474 g/mol. The third kappa shape index (κ3) is 6.49. The van der Waals surface area contributed by atoms with E-state index in [9.17, 15) is 0 Å². The van der Waals surface area contributed by atoms with Gasteiger partial charge < -0.3 is 4.99 Å². The Labute approximate surface area is 213 Å². The fourth-order valence-electron chi connectivity index (χ4n) is 5.61. The van der Waals surface area contributed by atoms with Crippen LogP contribution in [0.15, 0.2) is 53.6 Å². The minimum absolute atomic E-state index is 0.464. The molecule has 0 aliphatic heterocycles.